The van der Waals surface area contributed by atoms with Crippen molar-refractivity contribution in [2.75, 3.05) is 46.5 Å². The first-order valence-electron chi connectivity index (χ1n) is 7.57. The van der Waals surface area contributed by atoms with Gasteiger partial charge in [0, 0.05) is 33.3 Å². The van der Waals surface area contributed by atoms with Gasteiger partial charge in [-0.15, -0.1) is 0 Å². The highest BCUT2D eigenvalue weighted by Gasteiger charge is 2.28. The third-order valence-electron chi connectivity index (χ3n) is 4.00. The molecule has 2 atom stereocenters. The van der Waals surface area contributed by atoms with Crippen LogP contribution in [0.3, 0.4) is 0 Å². The third-order valence-corrected chi connectivity index (χ3v) is 4.00. The van der Waals surface area contributed by atoms with Crippen LogP contribution in [-0.4, -0.2) is 69.7 Å². The molecule has 1 saturated heterocycles. The molecule has 6 nitrogen and oxygen atoms in total. The molecule has 0 aromatic carbocycles. The second-order valence-corrected chi connectivity index (χ2v) is 5.38. The van der Waals surface area contributed by atoms with Crippen molar-refractivity contribution in [3.63, 3.8) is 0 Å². The maximum absolute atomic E-state index is 11.8. The standard InChI is InChI=1S/C14H26N2O4/c1-18-12-4-2-3-5-13(12)20-14(17)15-6-7-16-8-10-19-11-9-16/h12-13H,2-11H2,1H3,(H,15,17). The Kier molecular flexibility index (Phi) is 6.56. The fraction of sp³-hybridized carbons (Fsp3) is 0.929. The molecule has 0 bridgehead atoms. The largest absolute Gasteiger partial charge is 0.443 e. The third kappa shape index (κ3) is 4.92. The van der Waals surface area contributed by atoms with Crippen LogP contribution in [0.25, 0.3) is 0 Å². The van der Waals surface area contributed by atoms with Gasteiger partial charge in [-0.05, 0) is 19.3 Å². The summed E-state index contributed by atoms with van der Waals surface area (Å²) in [6.07, 6.45) is 3.75. The number of alkyl carbamates (subject to hydrolysis) is 1. The minimum atomic E-state index is -0.327. The van der Waals surface area contributed by atoms with Gasteiger partial charge in [0.15, 0.2) is 0 Å². The van der Waals surface area contributed by atoms with Crippen LogP contribution in [0.15, 0.2) is 0 Å². The molecular formula is C14H26N2O4. The highest BCUT2D eigenvalue weighted by Crippen LogP contribution is 2.23. The Hall–Kier alpha value is -0.850. The van der Waals surface area contributed by atoms with Crippen LogP contribution < -0.4 is 5.32 Å². The normalized spacial score (nSPS) is 28.1. The smallest absolute Gasteiger partial charge is 0.407 e. The highest BCUT2D eigenvalue weighted by atomic mass is 16.6. The summed E-state index contributed by atoms with van der Waals surface area (Å²) in [6, 6.07) is 0. The first-order valence-corrected chi connectivity index (χ1v) is 7.57. The van der Waals surface area contributed by atoms with E-state index >= 15 is 0 Å². The lowest BCUT2D eigenvalue weighted by molar-refractivity contribution is -0.0442. The van der Waals surface area contributed by atoms with E-state index in [0.29, 0.717) is 6.54 Å². The first-order chi connectivity index (χ1) is 9.79. The summed E-state index contributed by atoms with van der Waals surface area (Å²) in [5.41, 5.74) is 0. The first kappa shape index (κ1) is 15.5. The number of hydrogen-bond acceptors (Lipinski definition) is 5. The van der Waals surface area contributed by atoms with Gasteiger partial charge in [0.25, 0.3) is 0 Å². The predicted octanol–water partition coefficient (Wildman–Crippen LogP) is 1.00. The van der Waals surface area contributed by atoms with E-state index < -0.39 is 0 Å². The van der Waals surface area contributed by atoms with E-state index in [1.807, 2.05) is 0 Å². The number of hydrogen-bond donors (Lipinski definition) is 1. The van der Waals surface area contributed by atoms with E-state index in [1.165, 1.54) is 0 Å². The molecule has 1 N–H and O–H groups in total. The van der Waals surface area contributed by atoms with Gasteiger partial charge in [0.05, 0.1) is 19.3 Å². The Bertz CT molecular complexity index is 295. The van der Waals surface area contributed by atoms with Crippen LogP contribution in [0, 0.1) is 0 Å². The number of morpholine rings is 1. The molecular weight excluding hydrogens is 260 g/mol. The van der Waals surface area contributed by atoms with E-state index in [9.17, 15) is 4.79 Å². The van der Waals surface area contributed by atoms with E-state index in [-0.39, 0.29) is 18.3 Å². The molecule has 1 aliphatic heterocycles. The molecule has 2 fully saturated rings. The van der Waals surface area contributed by atoms with Crippen molar-refractivity contribution in [2.45, 2.75) is 37.9 Å². The van der Waals surface area contributed by atoms with Gasteiger partial charge in [-0.3, -0.25) is 4.90 Å². The Labute approximate surface area is 120 Å². The molecule has 2 rings (SSSR count). The van der Waals surface area contributed by atoms with Gasteiger partial charge in [-0.2, -0.15) is 0 Å². The number of methoxy groups -OCH3 is 1. The lowest BCUT2D eigenvalue weighted by Crippen LogP contribution is -2.43. The second kappa shape index (κ2) is 8.44. The van der Waals surface area contributed by atoms with Crippen LogP contribution in [0.4, 0.5) is 4.79 Å². The summed E-state index contributed by atoms with van der Waals surface area (Å²) in [6.45, 7) is 4.89. The Balaban J connectivity index is 1.61. The zero-order valence-corrected chi connectivity index (χ0v) is 12.3. The van der Waals surface area contributed by atoms with Crippen LogP contribution >= 0.6 is 0 Å². The van der Waals surface area contributed by atoms with Gasteiger partial charge in [-0.25, -0.2) is 4.79 Å². The number of carbonyl (C=O) groups is 1. The molecule has 1 saturated carbocycles. The van der Waals surface area contributed by atoms with Crippen LogP contribution in [0.5, 0.6) is 0 Å². The van der Waals surface area contributed by atoms with Crippen LogP contribution in [0.1, 0.15) is 25.7 Å². The van der Waals surface area contributed by atoms with Crippen molar-refractivity contribution in [1.82, 2.24) is 10.2 Å². The molecule has 6 heteroatoms. The second-order valence-electron chi connectivity index (χ2n) is 5.38. The van der Waals surface area contributed by atoms with E-state index in [4.69, 9.17) is 14.2 Å². The topological polar surface area (TPSA) is 60.0 Å². The molecule has 1 heterocycles. The fourth-order valence-electron chi connectivity index (χ4n) is 2.79. The van der Waals surface area contributed by atoms with Crippen molar-refractivity contribution in [3.8, 4) is 0 Å². The summed E-state index contributed by atoms with van der Waals surface area (Å²) >= 11 is 0. The average Bonchev–Trinajstić information content (AvgIpc) is 2.49. The summed E-state index contributed by atoms with van der Waals surface area (Å²) < 4.78 is 16.1. The number of carbonyl (C=O) groups excluding carboxylic acids is 1. The maximum Gasteiger partial charge on any atom is 0.407 e. The lowest BCUT2D eigenvalue weighted by Gasteiger charge is -2.30. The minimum Gasteiger partial charge on any atom is -0.443 e. The van der Waals surface area contributed by atoms with Gasteiger partial charge in [0.2, 0.25) is 0 Å². The molecule has 1 amide bonds. The molecule has 0 spiro atoms. The van der Waals surface area contributed by atoms with Gasteiger partial charge in [0.1, 0.15) is 6.10 Å². The SMILES string of the molecule is COC1CCCCC1OC(=O)NCCN1CCOCC1. The number of rotatable bonds is 5. The summed E-state index contributed by atoms with van der Waals surface area (Å²) in [4.78, 5) is 14.1. The number of ether oxygens (including phenoxy) is 3. The van der Waals surface area contributed by atoms with Gasteiger partial charge >= 0.3 is 6.09 Å². The Morgan fingerprint density at radius 2 is 1.95 bits per heavy atom. The molecule has 0 radical (unpaired) electrons. The van der Waals surface area contributed by atoms with Crippen molar-refractivity contribution in [3.05, 3.63) is 0 Å². The fourth-order valence-corrected chi connectivity index (χ4v) is 2.79. The minimum absolute atomic E-state index is 0.0498. The van der Waals surface area contributed by atoms with Crippen molar-refractivity contribution < 1.29 is 19.0 Å². The molecule has 1 aliphatic carbocycles. The molecule has 2 aliphatic rings. The predicted molar refractivity (Wildman–Crippen MR) is 74.8 cm³/mol. The van der Waals surface area contributed by atoms with Gasteiger partial charge in [-0.1, -0.05) is 6.42 Å². The molecule has 0 aromatic heterocycles. The number of nitrogens with zero attached hydrogens (tertiary/aromatic N) is 1. The highest BCUT2D eigenvalue weighted by molar-refractivity contribution is 5.67. The lowest BCUT2D eigenvalue weighted by atomic mass is 9.95. The molecule has 116 valence electrons. The van der Waals surface area contributed by atoms with Crippen molar-refractivity contribution in [2.24, 2.45) is 0 Å². The van der Waals surface area contributed by atoms with E-state index in [2.05, 4.69) is 10.2 Å². The van der Waals surface area contributed by atoms with Crippen LogP contribution in [-0.2, 0) is 14.2 Å². The quantitative estimate of drug-likeness (QED) is 0.817. The van der Waals surface area contributed by atoms with Crippen molar-refractivity contribution in [1.29, 1.82) is 0 Å². The van der Waals surface area contributed by atoms with E-state index in [0.717, 1.165) is 58.5 Å². The van der Waals surface area contributed by atoms with Crippen molar-refractivity contribution >= 4 is 6.09 Å². The average molecular weight is 286 g/mol. The molecule has 20 heavy (non-hydrogen) atoms. The van der Waals surface area contributed by atoms with E-state index in [1.54, 1.807) is 7.11 Å². The van der Waals surface area contributed by atoms with Gasteiger partial charge < -0.3 is 19.5 Å². The Morgan fingerprint density at radius 3 is 2.65 bits per heavy atom. The Morgan fingerprint density at radius 1 is 1.25 bits per heavy atom. The number of amides is 1. The summed E-state index contributed by atoms with van der Waals surface area (Å²) in [5, 5.41) is 2.82. The number of nitrogens with one attached hydrogen (secondary N) is 1. The maximum atomic E-state index is 11.8. The molecule has 2 unspecified atom stereocenters. The monoisotopic (exact) mass is 286 g/mol. The summed E-state index contributed by atoms with van der Waals surface area (Å²) in [5.74, 6) is 0. The zero-order chi connectivity index (χ0) is 14.2. The zero-order valence-electron chi connectivity index (χ0n) is 12.3. The van der Waals surface area contributed by atoms with Crippen LogP contribution in [0.2, 0.25) is 0 Å². The molecule has 0 aromatic rings. The summed E-state index contributed by atoms with van der Waals surface area (Å²) in [7, 11) is 1.68.